The summed E-state index contributed by atoms with van der Waals surface area (Å²) in [4.78, 5) is 14.0. The van der Waals surface area contributed by atoms with E-state index in [0.29, 0.717) is 23.7 Å². The fraction of sp³-hybridized carbons (Fsp3) is 0.552. The fourth-order valence-corrected chi connectivity index (χ4v) is 7.88. The summed E-state index contributed by atoms with van der Waals surface area (Å²) in [6.45, 7) is 4.36. The third-order valence-electron chi connectivity index (χ3n) is 7.32. The number of benzene rings is 2. The van der Waals surface area contributed by atoms with E-state index in [9.17, 15) is 23.4 Å². The van der Waals surface area contributed by atoms with Gasteiger partial charge in [0.05, 0.1) is 29.8 Å². The Morgan fingerprint density at radius 3 is 2.50 bits per heavy atom. The maximum absolute atomic E-state index is 13.6. The van der Waals surface area contributed by atoms with Gasteiger partial charge in [0.25, 0.3) is 0 Å². The Labute approximate surface area is 241 Å². The van der Waals surface area contributed by atoms with E-state index < -0.39 is 28.3 Å². The number of nitrogens with one attached hydrogen (secondary N) is 1. The van der Waals surface area contributed by atoms with Crippen molar-refractivity contribution in [2.24, 2.45) is 11.8 Å². The van der Waals surface area contributed by atoms with Crippen LogP contribution >= 0.6 is 11.8 Å². The maximum Gasteiger partial charge on any atom is 0.407 e. The highest BCUT2D eigenvalue weighted by Crippen LogP contribution is 2.37. The fourth-order valence-electron chi connectivity index (χ4n) is 5.23. The van der Waals surface area contributed by atoms with Crippen LogP contribution in [-0.2, 0) is 26.1 Å². The number of alkyl carbamates (subject to hydrolysis) is 1. The molecule has 1 amide bonds. The number of nitrogens with zero attached hydrogens (tertiary/aromatic N) is 1. The summed E-state index contributed by atoms with van der Waals surface area (Å²) in [5, 5.41) is 23.5. The lowest BCUT2D eigenvalue weighted by Gasteiger charge is -2.30. The number of sulfonamides is 1. The molecule has 5 atom stereocenters. The van der Waals surface area contributed by atoms with Crippen LogP contribution in [0.15, 0.2) is 64.4 Å². The molecule has 0 spiro atoms. The predicted octanol–water partition coefficient (Wildman–Crippen LogP) is 3.64. The van der Waals surface area contributed by atoms with Crippen molar-refractivity contribution in [1.29, 1.82) is 0 Å². The SMILES string of the molecule is CC(C)CN(C[C@@H](O)[C@H](CSc1ccccc1)NC(=O)O[C@@H]1C[C@@H]2CCO[C@@H]2C1)S(=O)(=O)c1ccc(CO)cc1. The van der Waals surface area contributed by atoms with E-state index in [4.69, 9.17) is 9.47 Å². The third kappa shape index (κ3) is 8.20. The van der Waals surface area contributed by atoms with Gasteiger partial charge in [0.1, 0.15) is 6.10 Å². The number of amides is 1. The number of aliphatic hydroxyl groups excluding tert-OH is 2. The first-order valence-electron chi connectivity index (χ1n) is 13.8. The number of fused-ring (bicyclic) bond motifs is 1. The molecule has 0 unspecified atom stereocenters. The molecule has 220 valence electrons. The number of thioether (sulfide) groups is 1. The van der Waals surface area contributed by atoms with Gasteiger partial charge in [-0.05, 0) is 54.5 Å². The van der Waals surface area contributed by atoms with Gasteiger partial charge < -0.3 is 25.0 Å². The van der Waals surface area contributed by atoms with Crippen molar-refractivity contribution in [3.8, 4) is 0 Å². The summed E-state index contributed by atoms with van der Waals surface area (Å²) in [5.74, 6) is 0.729. The van der Waals surface area contributed by atoms with Gasteiger partial charge in [-0.1, -0.05) is 44.2 Å². The van der Waals surface area contributed by atoms with Crippen molar-refractivity contribution in [2.45, 2.75) is 73.9 Å². The monoisotopic (exact) mass is 592 g/mol. The van der Waals surface area contributed by atoms with E-state index in [1.807, 2.05) is 44.2 Å². The first-order valence-corrected chi connectivity index (χ1v) is 16.2. The Balaban J connectivity index is 1.47. The van der Waals surface area contributed by atoms with Gasteiger partial charge in [-0.2, -0.15) is 4.31 Å². The molecule has 0 radical (unpaired) electrons. The van der Waals surface area contributed by atoms with Crippen LogP contribution in [0.3, 0.4) is 0 Å². The van der Waals surface area contributed by atoms with E-state index in [0.717, 1.165) is 24.3 Å². The standard InChI is InChI=1S/C29H40N2O7S2/c1-20(2)16-31(40(35,36)25-10-8-21(18-32)9-11-25)17-27(33)26(19-39-24-6-4-3-5-7-24)30-29(34)38-23-14-22-12-13-37-28(22)15-23/h3-11,20,22-23,26-28,32-33H,12-19H2,1-2H3,(H,30,34)/t22-,23+,26-,27+,28+/m0/s1. The Hall–Kier alpha value is -2.15. The highest BCUT2D eigenvalue weighted by Gasteiger charge is 2.40. The van der Waals surface area contributed by atoms with Crippen LogP contribution in [-0.4, -0.2) is 78.8 Å². The minimum Gasteiger partial charge on any atom is -0.446 e. The minimum absolute atomic E-state index is 0.00204. The molecular formula is C29H40N2O7S2. The first-order chi connectivity index (χ1) is 19.2. The lowest BCUT2D eigenvalue weighted by atomic mass is 10.1. The number of ether oxygens (including phenoxy) is 2. The van der Waals surface area contributed by atoms with Crippen molar-refractivity contribution in [2.75, 3.05) is 25.4 Å². The van der Waals surface area contributed by atoms with Crippen molar-refractivity contribution in [3.05, 3.63) is 60.2 Å². The maximum atomic E-state index is 13.6. The highest BCUT2D eigenvalue weighted by atomic mass is 32.2. The number of hydrogen-bond acceptors (Lipinski definition) is 8. The zero-order valence-corrected chi connectivity index (χ0v) is 24.6. The Kier molecular flexibility index (Phi) is 10.9. The molecule has 2 aromatic rings. The van der Waals surface area contributed by atoms with Crippen LogP contribution in [0.1, 0.15) is 38.7 Å². The van der Waals surface area contributed by atoms with E-state index >= 15 is 0 Å². The molecule has 11 heteroatoms. The number of carbonyl (C=O) groups is 1. The summed E-state index contributed by atoms with van der Waals surface area (Å²) in [6, 6.07) is 14.9. The van der Waals surface area contributed by atoms with Gasteiger partial charge in [-0.3, -0.25) is 0 Å². The Bertz CT molecular complexity index is 1180. The van der Waals surface area contributed by atoms with Crippen molar-refractivity contribution >= 4 is 27.9 Å². The highest BCUT2D eigenvalue weighted by molar-refractivity contribution is 7.99. The van der Waals surface area contributed by atoms with Gasteiger partial charge in [-0.15, -0.1) is 11.8 Å². The molecule has 9 nitrogen and oxygen atoms in total. The van der Waals surface area contributed by atoms with E-state index in [1.54, 1.807) is 12.1 Å². The van der Waals surface area contributed by atoms with Crippen LogP contribution in [0.4, 0.5) is 4.79 Å². The molecule has 3 N–H and O–H groups in total. The predicted molar refractivity (Wildman–Crippen MR) is 153 cm³/mol. The quantitative estimate of drug-likeness (QED) is 0.301. The second-order valence-corrected chi connectivity index (χ2v) is 13.9. The minimum atomic E-state index is -3.95. The van der Waals surface area contributed by atoms with Crippen LogP contribution in [0.2, 0.25) is 0 Å². The molecule has 2 aromatic carbocycles. The molecule has 1 heterocycles. The molecule has 40 heavy (non-hydrogen) atoms. The second kappa shape index (κ2) is 14.2. The Morgan fingerprint density at radius 1 is 1.12 bits per heavy atom. The Morgan fingerprint density at radius 2 is 1.85 bits per heavy atom. The molecule has 0 aromatic heterocycles. The third-order valence-corrected chi connectivity index (χ3v) is 10.3. The largest absolute Gasteiger partial charge is 0.446 e. The number of rotatable bonds is 13. The summed E-state index contributed by atoms with van der Waals surface area (Å²) in [7, 11) is -3.95. The van der Waals surface area contributed by atoms with Gasteiger partial charge >= 0.3 is 6.09 Å². The van der Waals surface area contributed by atoms with Crippen LogP contribution in [0, 0.1) is 11.8 Å². The summed E-state index contributed by atoms with van der Waals surface area (Å²) >= 11 is 1.46. The second-order valence-electron chi connectivity index (χ2n) is 10.9. The van der Waals surface area contributed by atoms with Crippen molar-refractivity contribution in [1.82, 2.24) is 9.62 Å². The molecule has 0 bridgehead atoms. The molecular weight excluding hydrogens is 552 g/mol. The molecule has 1 saturated heterocycles. The molecule has 1 aliphatic heterocycles. The van der Waals surface area contributed by atoms with E-state index in [1.165, 1.54) is 28.2 Å². The molecule has 2 fully saturated rings. The smallest absolute Gasteiger partial charge is 0.407 e. The molecule has 2 aliphatic rings. The lowest BCUT2D eigenvalue weighted by molar-refractivity contribution is 0.0575. The van der Waals surface area contributed by atoms with Gasteiger partial charge in [-0.25, -0.2) is 13.2 Å². The van der Waals surface area contributed by atoms with Crippen LogP contribution in [0.5, 0.6) is 0 Å². The first kappa shape index (κ1) is 30.8. The number of hydrogen-bond donors (Lipinski definition) is 3. The summed E-state index contributed by atoms with van der Waals surface area (Å²) < 4.78 is 39.8. The lowest BCUT2D eigenvalue weighted by Crippen LogP contribution is -2.51. The molecule has 1 saturated carbocycles. The topological polar surface area (TPSA) is 125 Å². The van der Waals surface area contributed by atoms with Gasteiger partial charge in [0.15, 0.2) is 0 Å². The summed E-state index contributed by atoms with van der Waals surface area (Å²) in [5.41, 5.74) is 0.604. The van der Waals surface area contributed by atoms with Crippen LogP contribution < -0.4 is 5.32 Å². The van der Waals surface area contributed by atoms with Gasteiger partial charge in [0.2, 0.25) is 10.0 Å². The number of aliphatic hydroxyl groups is 2. The average molecular weight is 593 g/mol. The van der Waals surface area contributed by atoms with E-state index in [-0.39, 0.29) is 42.7 Å². The van der Waals surface area contributed by atoms with Crippen molar-refractivity contribution < 1.29 is 32.9 Å². The molecule has 4 rings (SSSR count). The van der Waals surface area contributed by atoms with Gasteiger partial charge in [0, 0.05) is 36.8 Å². The molecule has 1 aliphatic carbocycles. The van der Waals surface area contributed by atoms with E-state index in [2.05, 4.69) is 5.32 Å². The zero-order chi connectivity index (χ0) is 28.7. The zero-order valence-electron chi connectivity index (χ0n) is 23.0. The number of carbonyl (C=O) groups excluding carboxylic acids is 1. The normalized spacial score (nSPS) is 22.3. The average Bonchev–Trinajstić information content (AvgIpc) is 3.53. The van der Waals surface area contributed by atoms with Crippen LogP contribution in [0.25, 0.3) is 0 Å². The summed E-state index contributed by atoms with van der Waals surface area (Å²) in [6.07, 6.45) is 0.480. The van der Waals surface area contributed by atoms with Crippen molar-refractivity contribution in [3.63, 3.8) is 0 Å².